The van der Waals surface area contributed by atoms with Gasteiger partial charge in [0.05, 0.1) is 0 Å². The summed E-state index contributed by atoms with van der Waals surface area (Å²) in [5.74, 6) is -1.43. The fourth-order valence-corrected chi connectivity index (χ4v) is 2.86. The molecule has 0 aromatic heterocycles. The molecule has 1 aliphatic rings. The summed E-state index contributed by atoms with van der Waals surface area (Å²) < 4.78 is 13.8. The van der Waals surface area contributed by atoms with Crippen LogP contribution < -0.4 is 10.6 Å². The second-order valence-corrected chi connectivity index (χ2v) is 6.23. The Hall–Kier alpha value is -2.57. The van der Waals surface area contributed by atoms with E-state index in [1.807, 2.05) is 0 Å². The van der Waals surface area contributed by atoms with E-state index in [-0.39, 0.29) is 16.5 Å². The van der Waals surface area contributed by atoms with Gasteiger partial charge in [0.15, 0.2) is 5.11 Å². The van der Waals surface area contributed by atoms with Crippen LogP contribution in [0.25, 0.3) is 6.08 Å². The average molecular weight is 375 g/mol. The molecule has 3 rings (SSSR count). The number of hydrogen-bond donors (Lipinski definition) is 2. The van der Waals surface area contributed by atoms with Gasteiger partial charge in [-0.25, -0.2) is 4.39 Å². The summed E-state index contributed by atoms with van der Waals surface area (Å²) in [6.07, 6.45) is 1.77. The molecule has 0 spiro atoms. The van der Waals surface area contributed by atoms with Crippen molar-refractivity contribution >= 4 is 46.8 Å². The SMILES string of the molecule is O=C1NC(=S)NC(=O)C1=Cc1ccc(Cc2ccccc2F)c(Cl)c1. The molecule has 0 aliphatic carbocycles. The summed E-state index contributed by atoms with van der Waals surface area (Å²) >= 11 is 11.0. The first-order valence-corrected chi connectivity index (χ1v) is 8.13. The molecule has 126 valence electrons. The lowest BCUT2D eigenvalue weighted by Gasteiger charge is -2.16. The predicted octanol–water partition coefficient (Wildman–Crippen LogP) is 2.98. The molecule has 1 heterocycles. The summed E-state index contributed by atoms with van der Waals surface area (Å²) in [4.78, 5) is 23.7. The van der Waals surface area contributed by atoms with Crippen LogP contribution in [0.3, 0.4) is 0 Å². The van der Waals surface area contributed by atoms with Gasteiger partial charge in [-0.05, 0) is 47.1 Å². The van der Waals surface area contributed by atoms with Crippen molar-refractivity contribution in [2.75, 3.05) is 0 Å². The zero-order valence-electron chi connectivity index (χ0n) is 12.8. The predicted molar refractivity (Wildman–Crippen MR) is 97.5 cm³/mol. The van der Waals surface area contributed by atoms with Crippen molar-refractivity contribution in [1.29, 1.82) is 0 Å². The minimum atomic E-state index is -0.569. The van der Waals surface area contributed by atoms with Crippen LogP contribution in [0.1, 0.15) is 16.7 Å². The molecule has 1 fully saturated rings. The lowest BCUT2D eigenvalue weighted by molar-refractivity contribution is -0.123. The third kappa shape index (κ3) is 3.92. The fourth-order valence-electron chi connectivity index (χ4n) is 2.42. The quantitative estimate of drug-likeness (QED) is 0.493. The Bertz CT molecular complexity index is 905. The van der Waals surface area contributed by atoms with Crippen LogP contribution in [-0.4, -0.2) is 16.9 Å². The van der Waals surface area contributed by atoms with E-state index in [1.54, 1.807) is 36.4 Å². The standard InChI is InChI=1S/C18H12ClFN2O2S/c19-14-8-10(7-13-16(23)21-18(25)22-17(13)24)5-6-11(14)9-12-3-1-2-4-15(12)20/h1-8H,9H2,(H2,21,22,23,24,25). The van der Waals surface area contributed by atoms with Gasteiger partial charge in [0.2, 0.25) is 0 Å². The Morgan fingerprint density at radius 1 is 1.04 bits per heavy atom. The molecule has 2 aromatic rings. The second kappa shape index (κ2) is 7.13. The van der Waals surface area contributed by atoms with E-state index >= 15 is 0 Å². The maximum atomic E-state index is 13.8. The van der Waals surface area contributed by atoms with Crippen LogP contribution in [0.5, 0.6) is 0 Å². The smallest absolute Gasteiger partial charge is 0.263 e. The Morgan fingerprint density at radius 2 is 1.72 bits per heavy atom. The maximum absolute atomic E-state index is 13.8. The number of hydrogen-bond acceptors (Lipinski definition) is 3. The van der Waals surface area contributed by atoms with Gasteiger partial charge >= 0.3 is 0 Å². The van der Waals surface area contributed by atoms with E-state index in [0.29, 0.717) is 22.6 Å². The summed E-state index contributed by atoms with van der Waals surface area (Å²) in [7, 11) is 0. The van der Waals surface area contributed by atoms with Crippen molar-refractivity contribution in [3.63, 3.8) is 0 Å². The Kier molecular flexibility index (Phi) is 4.92. The van der Waals surface area contributed by atoms with Crippen molar-refractivity contribution in [2.24, 2.45) is 0 Å². The topological polar surface area (TPSA) is 58.2 Å². The number of benzene rings is 2. The van der Waals surface area contributed by atoms with E-state index in [0.717, 1.165) is 5.56 Å². The lowest BCUT2D eigenvalue weighted by Crippen LogP contribution is -2.51. The highest BCUT2D eigenvalue weighted by Crippen LogP contribution is 2.23. The molecule has 1 saturated heterocycles. The van der Waals surface area contributed by atoms with E-state index in [2.05, 4.69) is 10.6 Å². The molecule has 0 bridgehead atoms. The highest BCUT2D eigenvalue weighted by Gasteiger charge is 2.25. The first-order chi connectivity index (χ1) is 11.9. The third-order valence-electron chi connectivity index (χ3n) is 3.67. The minimum Gasteiger partial charge on any atom is -0.299 e. The number of thiocarbonyl (C=S) groups is 1. The molecular formula is C18H12ClFN2O2S. The summed E-state index contributed by atoms with van der Waals surface area (Å²) in [5.41, 5.74) is 1.80. The first-order valence-electron chi connectivity index (χ1n) is 7.34. The van der Waals surface area contributed by atoms with E-state index < -0.39 is 11.8 Å². The van der Waals surface area contributed by atoms with Crippen molar-refractivity contribution in [3.05, 3.63) is 75.6 Å². The van der Waals surface area contributed by atoms with Gasteiger partial charge in [0, 0.05) is 11.4 Å². The minimum absolute atomic E-state index is 0.0228. The van der Waals surface area contributed by atoms with Crippen LogP contribution in [0.2, 0.25) is 5.02 Å². The molecule has 2 N–H and O–H groups in total. The van der Waals surface area contributed by atoms with Gasteiger partial charge < -0.3 is 0 Å². The third-order valence-corrected chi connectivity index (χ3v) is 4.23. The molecule has 0 radical (unpaired) electrons. The van der Waals surface area contributed by atoms with Crippen molar-refractivity contribution in [1.82, 2.24) is 10.6 Å². The Balaban J connectivity index is 1.86. The number of carbonyl (C=O) groups is 2. The van der Waals surface area contributed by atoms with Gasteiger partial charge in [-0.15, -0.1) is 0 Å². The maximum Gasteiger partial charge on any atom is 0.263 e. The molecule has 4 nitrogen and oxygen atoms in total. The molecule has 25 heavy (non-hydrogen) atoms. The van der Waals surface area contributed by atoms with Crippen LogP contribution in [-0.2, 0) is 16.0 Å². The van der Waals surface area contributed by atoms with Gasteiger partial charge in [-0.1, -0.05) is 41.9 Å². The van der Waals surface area contributed by atoms with Crippen molar-refractivity contribution in [2.45, 2.75) is 6.42 Å². The number of halogens is 2. The number of rotatable bonds is 3. The van der Waals surface area contributed by atoms with Gasteiger partial charge in [-0.2, -0.15) is 0 Å². The molecule has 1 aliphatic heterocycles. The van der Waals surface area contributed by atoms with E-state index in [9.17, 15) is 14.0 Å². The molecule has 2 amide bonds. The van der Waals surface area contributed by atoms with Crippen LogP contribution in [0.15, 0.2) is 48.0 Å². The van der Waals surface area contributed by atoms with Crippen LogP contribution in [0.4, 0.5) is 4.39 Å². The molecule has 0 unspecified atom stereocenters. The van der Waals surface area contributed by atoms with Crippen molar-refractivity contribution < 1.29 is 14.0 Å². The largest absolute Gasteiger partial charge is 0.299 e. The normalized spacial score (nSPS) is 14.2. The van der Waals surface area contributed by atoms with Crippen molar-refractivity contribution in [3.8, 4) is 0 Å². The number of amides is 2. The van der Waals surface area contributed by atoms with Crippen LogP contribution in [0, 0.1) is 5.82 Å². The highest BCUT2D eigenvalue weighted by atomic mass is 35.5. The first kappa shape index (κ1) is 17.3. The van der Waals surface area contributed by atoms with Gasteiger partial charge in [0.25, 0.3) is 11.8 Å². The number of nitrogens with one attached hydrogen (secondary N) is 2. The Morgan fingerprint density at radius 3 is 2.36 bits per heavy atom. The number of carbonyl (C=O) groups excluding carboxylic acids is 2. The lowest BCUT2D eigenvalue weighted by atomic mass is 10.0. The van der Waals surface area contributed by atoms with E-state index in [4.69, 9.17) is 23.8 Å². The molecular weight excluding hydrogens is 363 g/mol. The average Bonchev–Trinajstić information content (AvgIpc) is 2.55. The Labute approximate surface area is 153 Å². The van der Waals surface area contributed by atoms with Crippen LogP contribution >= 0.6 is 23.8 Å². The monoisotopic (exact) mass is 374 g/mol. The summed E-state index contributed by atoms with van der Waals surface area (Å²) in [5, 5.41) is 5.12. The zero-order valence-corrected chi connectivity index (χ0v) is 14.4. The molecule has 7 heteroatoms. The van der Waals surface area contributed by atoms with Gasteiger partial charge in [-0.3, -0.25) is 20.2 Å². The molecule has 0 atom stereocenters. The summed E-state index contributed by atoms with van der Waals surface area (Å²) in [6, 6.07) is 11.6. The highest BCUT2D eigenvalue weighted by molar-refractivity contribution is 7.80. The summed E-state index contributed by atoms with van der Waals surface area (Å²) in [6.45, 7) is 0. The fraction of sp³-hybridized carbons (Fsp3) is 0.0556. The molecule has 0 saturated carbocycles. The van der Waals surface area contributed by atoms with Gasteiger partial charge in [0.1, 0.15) is 11.4 Å². The zero-order chi connectivity index (χ0) is 18.0. The second-order valence-electron chi connectivity index (χ2n) is 5.41. The van der Waals surface area contributed by atoms with E-state index in [1.165, 1.54) is 12.1 Å². The molecule has 2 aromatic carbocycles.